The van der Waals surface area contributed by atoms with Crippen molar-refractivity contribution in [2.45, 2.75) is 48.0 Å². The molecule has 0 aliphatic heterocycles. The first-order chi connectivity index (χ1) is 6.04. The molecule has 0 unspecified atom stereocenters. The van der Waals surface area contributed by atoms with Crippen LogP contribution in [0.1, 0.15) is 48.0 Å². The highest BCUT2D eigenvalue weighted by molar-refractivity contribution is 6.39. The zero-order valence-electron chi connectivity index (χ0n) is 9.43. The summed E-state index contributed by atoms with van der Waals surface area (Å²) in [4.78, 5) is 30.7. The molecule has 0 N–H and O–H groups in total. The van der Waals surface area contributed by atoms with Gasteiger partial charge in [0.25, 0.3) is 0 Å². The molecule has 0 fully saturated rings. The topological polar surface area (TPSA) is 51.2 Å². The van der Waals surface area contributed by atoms with Crippen LogP contribution in [-0.2, 0) is 14.4 Å². The van der Waals surface area contributed by atoms with E-state index >= 15 is 0 Å². The highest BCUT2D eigenvalue weighted by Crippen LogP contribution is 1.85. The van der Waals surface area contributed by atoms with Gasteiger partial charge in [-0.2, -0.15) is 0 Å². The molecule has 0 saturated heterocycles. The third-order valence-corrected chi connectivity index (χ3v) is 0.802. The largest absolute Gasteiger partial charge is 0.300 e. The van der Waals surface area contributed by atoms with E-state index in [1.165, 1.54) is 6.92 Å². The summed E-state index contributed by atoms with van der Waals surface area (Å²) in [5.74, 6) is -1.43. The predicted molar refractivity (Wildman–Crippen MR) is 53.7 cm³/mol. The minimum Gasteiger partial charge on any atom is -0.300 e. The van der Waals surface area contributed by atoms with Crippen molar-refractivity contribution in [3.05, 3.63) is 0 Å². The van der Waals surface area contributed by atoms with Gasteiger partial charge < -0.3 is 0 Å². The third-order valence-electron chi connectivity index (χ3n) is 0.802. The summed E-state index contributed by atoms with van der Waals surface area (Å²) < 4.78 is 0. The Morgan fingerprint density at radius 3 is 1.23 bits per heavy atom. The van der Waals surface area contributed by atoms with Crippen LogP contribution in [0.15, 0.2) is 0 Å². The standard InChI is InChI=1S/C6H8O3.2C2H6/c1-4(7)3-6(9)5(2)8;2*1-2/h3H2,1-2H3;2*1-2H3. The molecular formula is C10H20O3. The highest BCUT2D eigenvalue weighted by atomic mass is 16.2. The van der Waals surface area contributed by atoms with E-state index in [4.69, 9.17) is 0 Å². The predicted octanol–water partition coefficient (Wildman–Crippen LogP) is 2.18. The summed E-state index contributed by atoms with van der Waals surface area (Å²) in [5.41, 5.74) is 0. The van der Waals surface area contributed by atoms with Crippen molar-refractivity contribution in [1.82, 2.24) is 0 Å². The summed E-state index contributed by atoms with van der Waals surface area (Å²) >= 11 is 0. The van der Waals surface area contributed by atoms with Gasteiger partial charge in [-0.3, -0.25) is 14.4 Å². The molecule has 0 aromatic carbocycles. The van der Waals surface area contributed by atoms with Gasteiger partial charge >= 0.3 is 0 Å². The lowest BCUT2D eigenvalue weighted by atomic mass is 10.2. The van der Waals surface area contributed by atoms with E-state index in [9.17, 15) is 14.4 Å². The Morgan fingerprint density at radius 2 is 1.15 bits per heavy atom. The Kier molecular flexibility index (Phi) is 18.7. The molecule has 13 heavy (non-hydrogen) atoms. The number of carbonyl (C=O) groups is 3. The van der Waals surface area contributed by atoms with Crippen LogP contribution in [0.5, 0.6) is 0 Å². The van der Waals surface area contributed by atoms with Crippen LogP contribution in [0, 0.1) is 0 Å². The molecule has 0 aliphatic rings. The Morgan fingerprint density at radius 1 is 0.846 bits per heavy atom. The lowest BCUT2D eigenvalue weighted by Gasteiger charge is -1.87. The van der Waals surface area contributed by atoms with Gasteiger partial charge in [0.2, 0.25) is 5.78 Å². The van der Waals surface area contributed by atoms with Gasteiger partial charge in [0.1, 0.15) is 5.78 Å². The number of ketones is 3. The number of hydrogen-bond donors (Lipinski definition) is 0. The average molecular weight is 188 g/mol. The number of carbonyl (C=O) groups excluding carboxylic acids is 3. The zero-order chi connectivity index (χ0) is 11.4. The molecule has 3 heteroatoms. The van der Waals surface area contributed by atoms with Crippen molar-refractivity contribution >= 4 is 17.3 Å². The monoisotopic (exact) mass is 188 g/mol. The summed E-state index contributed by atoms with van der Waals surface area (Å²) in [5, 5.41) is 0. The van der Waals surface area contributed by atoms with Gasteiger partial charge in [-0.05, 0) is 6.92 Å². The fraction of sp³-hybridized carbons (Fsp3) is 0.700. The third kappa shape index (κ3) is 18.2. The molecular weight excluding hydrogens is 168 g/mol. The molecule has 0 spiro atoms. The first-order valence-corrected chi connectivity index (χ1v) is 4.57. The second-order valence-corrected chi connectivity index (χ2v) is 1.86. The number of rotatable bonds is 3. The molecule has 0 bridgehead atoms. The summed E-state index contributed by atoms with van der Waals surface area (Å²) in [6, 6.07) is 0. The molecule has 0 aromatic heterocycles. The van der Waals surface area contributed by atoms with Gasteiger partial charge in [-0.1, -0.05) is 27.7 Å². The molecule has 0 heterocycles. The van der Waals surface area contributed by atoms with Crippen LogP contribution in [0.3, 0.4) is 0 Å². The van der Waals surface area contributed by atoms with Crippen LogP contribution < -0.4 is 0 Å². The SMILES string of the molecule is CC.CC.CC(=O)CC(=O)C(C)=O. The lowest BCUT2D eigenvalue weighted by Crippen LogP contribution is -2.12. The molecule has 0 saturated carbocycles. The van der Waals surface area contributed by atoms with E-state index in [1.54, 1.807) is 0 Å². The van der Waals surface area contributed by atoms with E-state index in [1.807, 2.05) is 27.7 Å². The van der Waals surface area contributed by atoms with Crippen molar-refractivity contribution in [2.24, 2.45) is 0 Å². The van der Waals surface area contributed by atoms with E-state index in [0.29, 0.717) is 0 Å². The smallest absolute Gasteiger partial charge is 0.205 e. The molecule has 0 rings (SSSR count). The first-order valence-electron chi connectivity index (χ1n) is 4.57. The lowest BCUT2D eigenvalue weighted by molar-refractivity contribution is -0.137. The molecule has 3 nitrogen and oxygen atoms in total. The fourth-order valence-corrected chi connectivity index (χ4v) is 0.351. The quantitative estimate of drug-likeness (QED) is 0.504. The Balaban J connectivity index is -0.000000218. The minimum atomic E-state index is -0.609. The van der Waals surface area contributed by atoms with Crippen LogP contribution in [-0.4, -0.2) is 17.3 Å². The molecule has 0 amide bonds. The molecule has 0 aromatic rings. The maximum atomic E-state index is 10.4. The second kappa shape index (κ2) is 13.6. The molecule has 0 aliphatic carbocycles. The second-order valence-electron chi connectivity index (χ2n) is 1.86. The van der Waals surface area contributed by atoms with E-state index in [0.717, 1.165) is 6.92 Å². The van der Waals surface area contributed by atoms with Crippen LogP contribution in [0.25, 0.3) is 0 Å². The Labute approximate surface area is 80.5 Å². The molecule has 78 valence electrons. The number of hydrogen-bond acceptors (Lipinski definition) is 3. The van der Waals surface area contributed by atoms with E-state index < -0.39 is 11.6 Å². The fourth-order valence-electron chi connectivity index (χ4n) is 0.351. The van der Waals surface area contributed by atoms with Gasteiger partial charge in [0.15, 0.2) is 5.78 Å². The van der Waals surface area contributed by atoms with Crippen molar-refractivity contribution in [3.63, 3.8) is 0 Å². The van der Waals surface area contributed by atoms with Crippen molar-refractivity contribution in [2.75, 3.05) is 0 Å². The summed E-state index contributed by atoms with van der Waals surface area (Å²) in [6.07, 6.45) is -0.255. The van der Waals surface area contributed by atoms with E-state index in [2.05, 4.69) is 0 Å². The van der Waals surface area contributed by atoms with Gasteiger partial charge in [-0.15, -0.1) is 0 Å². The average Bonchev–Trinajstić information content (AvgIpc) is 2.10. The summed E-state index contributed by atoms with van der Waals surface area (Å²) in [7, 11) is 0. The molecule has 0 radical (unpaired) electrons. The van der Waals surface area contributed by atoms with Gasteiger partial charge in [0.05, 0.1) is 6.42 Å². The van der Waals surface area contributed by atoms with Crippen molar-refractivity contribution in [3.8, 4) is 0 Å². The van der Waals surface area contributed by atoms with Crippen LogP contribution >= 0.6 is 0 Å². The van der Waals surface area contributed by atoms with Crippen LogP contribution in [0.2, 0.25) is 0 Å². The highest BCUT2D eigenvalue weighted by Gasteiger charge is 2.08. The van der Waals surface area contributed by atoms with Crippen molar-refractivity contribution < 1.29 is 14.4 Å². The number of Topliss-reactive ketones (excluding diaryl/α,β-unsaturated/α-hetero) is 3. The first kappa shape index (κ1) is 17.9. The van der Waals surface area contributed by atoms with Gasteiger partial charge in [-0.25, -0.2) is 0 Å². The van der Waals surface area contributed by atoms with Gasteiger partial charge in [0, 0.05) is 6.92 Å². The Hall–Kier alpha value is -0.990. The maximum Gasteiger partial charge on any atom is 0.205 e. The van der Waals surface area contributed by atoms with E-state index in [-0.39, 0.29) is 12.2 Å². The maximum absolute atomic E-state index is 10.4. The summed E-state index contributed by atoms with van der Waals surface area (Å²) in [6.45, 7) is 10.4. The normalized spacial score (nSPS) is 6.92. The zero-order valence-corrected chi connectivity index (χ0v) is 9.43. The van der Waals surface area contributed by atoms with Crippen LogP contribution in [0.4, 0.5) is 0 Å². The minimum absolute atomic E-state index is 0.255. The van der Waals surface area contributed by atoms with Crippen molar-refractivity contribution in [1.29, 1.82) is 0 Å². The Bertz CT molecular complexity index is 160. The molecule has 0 atom stereocenters.